The molecule has 0 heterocycles. The van der Waals surface area contributed by atoms with Crippen molar-refractivity contribution in [3.63, 3.8) is 0 Å². The van der Waals surface area contributed by atoms with E-state index in [0.717, 1.165) is 16.8 Å². The lowest BCUT2D eigenvalue weighted by Gasteiger charge is -2.10. The summed E-state index contributed by atoms with van der Waals surface area (Å²) in [5, 5.41) is 25.6. The molecule has 0 aliphatic rings. The number of nitriles is 1. The second kappa shape index (κ2) is 11.2. The minimum Gasteiger partial charge on any atom is -0.484 e. The van der Waals surface area contributed by atoms with Crippen LogP contribution in [0.2, 0.25) is 0 Å². The first-order valence-electron chi connectivity index (χ1n) is 10.5. The van der Waals surface area contributed by atoms with E-state index in [1.165, 1.54) is 30.3 Å². The molecule has 0 bridgehead atoms. The summed E-state index contributed by atoms with van der Waals surface area (Å²) in [7, 11) is 0. The molecule has 3 rings (SSSR count). The molecule has 2 N–H and O–H groups in total. The van der Waals surface area contributed by atoms with Crippen molar-refractivity contribution in [2.75, 3.05) is 17.2 Å². The summed E-state index contributed by atoms with van der Waals surface area (Å²) in [5.74, 6) is -0.554. The van der Waals surface area contributed by atoms with E-state index in [1.54, 1.807) is 24.3 Å². The number of anilines is 2. The topological polar surface area (TPSA) is 134 Å². The summed E-state index contributed by atoms with van der Waals surface area (Å²) in [6.07, 6.45) is 1.38. The molecule has 0 aliphatic carbocycles. The largest absolute Gasteiger partial charge is 0.484 e. The maximum Gasteiger partial charge on any atom is 0.271 e. The molecule has 0 spiro atoms. The fraction of sp³-hybridized carbons (Fsp3) is 0.115. The lowest BCUT2D eigenvalue weighted by atomic mass is 10.1. The zero-order valence-corrected chi connectivity index (χ0v) is 19.1. The zero-order valence-electron chi connectivity index (χ0n) is 19.1. The number of nitrogens with zero attached hydrogens (tertiary/aromatic N) is 2. The van der Waals surface area contributed by atoms with Crippen molar-refractivity contribution in [1.29, 1.82) is 5.26 Å². The minimum absolute atomic E-state index is 0.177. The zero-order chi connectivity index (χ0) is 25.4. The first-order chi connectivity index (χ1) is 16.7. The number of amides is 2. The molecule has 176 valence electrons. The third-order valence-electron chi connectivity index (χ3n) is 4.91. The molecule has 0 radical (unpaired) electrons. The van der Waals surface area contributed by atoms with Gasteiger partial charge in [-0.05, 0) is 60.9 Å². The third-order valence-corrected chi connectivity index (χ3v) is 4.91. The summed E-state index contributed by atoms with van der Waals surface area (Å²) in [6.45, 7) is 3.66. The molecule has 3 aromatic carbocycles. The Hall–Kier alpha value is -4.97. The standard InChI is InChI=1S/C26H22N4O5/c1-17-6-7-18(2)24(12-17)29-25(31)16-35-23-10-8-19(9-11-23)13-20(15-27)26(32)28-21-4-3-5-22(14-21)30(33)34/h3-14H,16H2,1-2H3,(H,28,32)(H,29,31)/b20-13-. The Morgan fingerprint density at radius 3 is 2.49 bits per heavy atom. The van der Waals surface area contributed by atoms with Crippen LogP contribution in [-0.2, 0) is 9.59 Å². The highest BCUT2D eigenvalue weighted by Crippen LogP contribution is 2.20. The van der Waals surface area contributed by atoms with E-state index in [4.69, 9.17) is 4.74 Å². The average Bonchev–Trinajstić information content (AvgIpc) is 2.84. The number of hydrogen-bond donors (Lipinski definition) is 2. The Kier molecular flexibility index (Phi) is 7.93. The van der Waals surface area contributed by atoms with Crippen molar-refractivity contribution in [1.82, 2.24) is 0 Å². The number of nitrogens with one attached hydrogen (secondary N) is 2. The maximum absolute atomic E-state index is 12.4. The van der Waals surface area contributed by atoms with Crippen LogP contribution < -0.4 is 15.4 Å². The number of carbonyl (C=O) groups is 2. The molecule has 0 atom stereocenters. The molecule has 0 unspecified atom stereocenters. The molecule has 0 aromatic heterocycles. The van der Waals surface area contributed by atoms with Crippen molar-refractivity contribution in [2.45, 2.75) is 13.8 Å². The Morgan fingerprint density at radius 1 is 1.06 bits per heavy atom. The van der Waals surface area contributed by atoms with Crippen molar-refractivity contribution in [3.05, 3.63) is 99.1 Å². The van der Waals surface area contributed by atoms with Crippen LogP contribution in [0.5, 0.6) is 5.75 Å². The van der Waals surface area contributed by atoms with E-state index in [0.29, 0.717) is 11.3 Å². The van der Waals surface area contributed by atoms with E-state index in [2.05, 4.69) is 10.6 Å². The van der Waals surface area contributed by atoms with Gasteiger partial charge in [0.15, 0.2) is 6.61 Å². The van der Waals surface area contributed by atoms with E-state index in [-0.39, 0.29) is 29.5 Å². The third kappa shape index (κ3) is 7.00. The first-order valence-corrected chi connectivity index (χ1v) is 10.5. The van der Waals surface area contributed by atoms with E-state index >= 15 is 0 Å². The summed E-state index contributed by atoms with van der Waals surface area (Å²) < 4.78 is 5.52. The lowest BCUT2D eigenvalue weighted by Crippen LogP contribution is -2.20. The number of hydrogen-bond acceptors (Lipinski definition) is 6. The minimum atomic E-state index is -0.698. The highest BCUT2D eigenvalue weighted by Gasteiger charge is 2.12. The SMILES string of the molecule is Cc1ccc(C)c(NC(=O)COc2ccc(/C=C(/C#N)C(=O)Nc3cccc([N+](=O)[O-])c3)cc2)c1. The summed E-state index contributed by atoms with van der Waals surface area (Å²) in [5.41, 5.74) is 3.11. The average molecular weight is 470 g/mol. The number of ether oxygens (including phenoxy) is 1. The number of carbonyl (C=O) groups excluding carboxylic acids is 2. The van der Waals surface area contributed by atoms with Crippen LogP contribution >= 0.6 is 0 Å². The number of non-ortho nitro benzene ring substituents is 1. The predicted molar refractivity (Wildman–Crippen MR) is 132 cm³/mol. The molecule has 2 amide bonds. The van der Waals surface area contributed by atoms with Gasteiger partial charge in [0.05, 0.1) is 4.92 Å². The van der Waals surface area contributed by atoms with Crippen LogP contribution in [-0.4, -0.2) is 23.3 Å². The van der Waals surface area contributed by atoms with Crippen LogP contribution in [0.1, 0.15) is 16.7 Å². The highest BCUT2D eigenvalue weighted by molar-refractivity contribution is 6.09. The second-order valence-corrected chi connectivity index (χ2v) is 7.66. The van der Waals surface area contributed by atoms with Crippen molar-refractivity contribution < 1.29 is 19.2 Å². The van der Waals surface area contributed by atoms with Gasteiger partial charge in [-0.25, -0.2) is 0 Å². The quantitative estimate of drug-likeness (QED) is 0.211. The van der Waals surface area contributed by atoms with Crippen molar-refractivity contribution in [2.24, 2.45) is 0 Å². The molecule has 0 saturated carbocycles. The molecule has 9 heteroatoms. The van der Waals surface area contributed by atoms with Crippen molar-refractivity contribution in [3.8, 4) is 11.8 Å². The molecule has 0 saturated heterocycles. The van der Waals surface area contributed by atoms with Gasteiger partial charge in [0.2, 0.25) is 0 Å². The fourth-order valence-corrected chi connectivity index (χ4v) is 3.08. The van der Waals surface area contributed by atoms with E-state index in [1.807, 2.05) is 38.1 Å². The summed E-state index contributed by atoms with van der Waals surface area (Å²) >= 11 is 0. The predicted octanol–water partition coefficient (Wildman–Crippen LogP) is 4.77. The maximum atomic E-state index is 12.4. The van der Waals surface area contributed by atoms with E-state index < -0.39 is 10.8 Å². The van der Waals surface area contributed by atoms with Crippen LogP contribution in [0.3, 0.4) is 0 Å². The number of benzene rings is 3. The molecule has 0 fully saturated rings. The van der Waals surface area contributed by atoms with Gasteiger partial charge >= 0.3 is 0 Å². The fourth-order valence-electron chi connectivity index (χ4n) is 3.08. The van der Waals surface area contributed by atoms with E-state index in [9.17, 15) is 25.0 Å². The van der Waals surface area contributed by atoms with Gasteiger partial charge in [-0.2, -0.15) is 5.26 Å². The molecule has 9 nitrogen and oxygen atoms in total. The number of nitro benzene ring substituents is 1. The van der Waals surface area contributed by atoms with Crippen molar-refractivity contribution >= 4 is 35.0 Å². The molecule has 0 aliphatic heterocycles. The lowest BCUT2D eigenvalue weighted by molar-refractivity contribution is -0.384. The Labute approximate surface area is 201 Å². The monoisotopic (exact) mass is 470 g/mol. The van der Waals surface area contributed by atoms with Crippen LogP contribution in [0.25, 0.3) is 6.08 Å². The summed E-state index contributed by atoms with van der Waals surface area (Å²) in [4.78, 5) is 35.0. The van der Waals surface area contributed by atoms with Crippen LogP contribution in [0.15, 0.2) is 72.3 Å². The number of rotatable bonds is 8. The molecule has 3 aromatic rings. The van der Waals surface area contributed by atoms with Gasteiger partial charge in [-0.3, -0.25) is 19.7 Å². The van der Waals surface area contributed by atoms with Gasteiger partial charge in [0.1, 0.15) is 17.4 Å². The Morgan fingerprint density at radius 2 is 1.80 bits per heavy atom. The Bertz CT molecular complexity index is 1340. The molecular weight excluding hydrogens is 448 g/mol. The van der Waals surface area contributed by atoms with Gasteiger partial charge in [0.25, 0.3) is 17.5 Å². The summed E-state index contributed by atoms with van der Waals surface area (Å²) in [6, 6.07) is 19.5. The highest BCUT2D eigenvalue weighted by atomic mass is 16.6. The van der Waals surface area contributed by atoms with Gasteiger partial charge in [0, 0.05) is 23.5 Å². The number of nitro groups is 1. The smallest absolute Gasteiger partial charge is 0.271 e. The Balaban J connectivity index is 1.60. The van der Waals surface area contributed by atoms with Gasteiger partial charge < -0.3 is 15.4 Å². The second-order valence-electron chi connectivity index (χ2n) is 7.66. The van der Waals surface area contributed by atoms with Crippen LogP contribution in [0, 0.1) is 35.3 Å². The van der Waals surface area contributed by atoms with Gasteiger partial charge in [-0.1, -0.05) is 30.3 Å². The molecular formula is C26H22N4O5. The molecule has 35 heavy (non-hydrogen) atoms. The van der Waals surface area contributed by atoms with Gasteiger partial charge in [-0.15, -0.1) is 0 Å². The van der Waals surface area contributed by atoms with Crippen LogP contribution in [0.4, 0.5) is 17.1 Å². The number of aryl methyl sites for hydroxylation is 2. The first kappa shape index (κ1) is 24.7. The normalized spacial score (nSPS) is 10.7.